The molecule has 0 atom stereocenters. The van der Waals surface area contributed by atoms with E-state index >= 15 is 0 Å². The minimum Gasteiger partial charge on any atom is -0.434 e. The van der Waals surface area contributed by atoms with Crippen molar-refractivity contribution < 1.29 is 13.5 Å². The molecule has 0 aliphatic carbocycles. The third kappa shape index (κ3) is 2.33. The summed E-state index contributed by atoms with van der Waals surface area (Å²) in [4.78, 5) is 0. The molecule has 0 aliphatic heterocycles. The Morgan fingerprint density at radius 3 is 2.71 bits per heavy atom. The van der Waals surface area contributed by atoms with Gasteiger partial charge in [-0.2, -0.15) is 13.9 Å². The highest BCUT2D eigenvalue weighted by molar-refractivity contribution is 7.71. The summed E-state index contributed by atoms with van der Waals surface area (Å²) in [6, 6.07) is 6.43. The third-order valence-corrected chi connectivity index (χ3v) is 2.59. The molecule has 0 saturated heterocycles. The molecule has 0 spiro atoms. The molecule has 1 N–H and O–H groups in total. The minimum atomic E-state index is -2.87. The van der Waals surface area contributed by atoms with E-state index < -0.39 is 6.61 Å². The zero-order valence-electron chi connectivity index (χ0n) is 8.85. The lowest BCUT2D eigenvalue weighted by molar-refractivity contribution is -0.0494. The van der Waals surface area contributed by atoms with Gasteiger partial charge in [0.2, 0.25) is 0 Å². The second-order valence-electron chi connectivity index (χ2n) is 3.29. The van der Waals surface area contributed by atoms with Gasteiger partial charge in [-0.1, -0.05) is 12.1 Å². The lowest BCUT2D eigenvalue weighted by atomic mass is 10.2. The second kappa shape index (κ2) is 4.62. The first-order valence-corrected chi connectivity index (χ1v) is 5.16. The van der Waals surface area contributed by atoms with Crippen LogP contribution in [0.3, 0.4) is 0 Å². The van der Waals surface area contributed by atoms with Gasteiger partial charge in [-0.3, -0.25) is 5.10 Å². The number of ether oxygens (including phenoxy) is 1. The van der Waals surface area contributed by atoms with Crippen molar-refractivity contribution in [1.82, 2.24) is 14.8 Å². The first-order valence-electron chi connectivity index (χ1n) is 4.75. The fourth-order valence-electron chi connectivity index (χ4n) is 1.44. The number of nitrogens with zero attached hydrogens (tertiary/aromatic N) is 2. The number of benzene rings is 1. The summed E-state index contributed by atoms with van der Waals surface area (Å²) < 4.78 is 30.9. The van der Waals surface area contributed by atoms with E-state index in [9.17, 15) is 8.78 Å². The van der Waals surface area contributed by atoms with Crippen LogP contribution in [0.25, 0.3) is 11.4 Å². The maximum absolute atomic E-state index is 12.2. The molecule has 7 heteroatoms. The number of halogens is 2. The van der Waals surface area contributed by atoms with Crippen LogP contribution in [0.1, 0.15) is 0 Å². The highest BCUT2D eigenvalue weighted by atomic mass is 32.1. The van der Waals surface area contributed by atoms with Gasteiger partial charge in [-0.25, -0.2) is 0 Å². The summed E-state index contributed by atoms with van der Waals surface area (Å²) in [7, 11) is 1.69. The average molecular weight is 257 g/mol. The first kappa shape index (κ1) is 11.7. The molecule has 0 unspecified atom stereocenters. The Bertz CT molecular complexity index is 579. The number of H-pyrrole nitrogens is 1. The lowest BCUT2D eigenvalue weighted by Gasteiger charge is -2.09. The van der Waals surface area contributed by atoms with Gasteiger partial charge in [0.15, 0.2) is 10.6 Å². The molecular weight excluding hydrogens is 248 g/mol. The summed E-state index contributed by atoms with van der Waals surface area (Å²) in [5.74, 6) is 0.519. The van der Waals surface area contributed by atoms with Gasteiger partial charge in [0.05, 0.1) is 5.56 Å². The van der Waals surface area contributed by atoms with Gasteiger partial charge < -0.3 is 9.30 Å². The average Bonchev–Trinajstić information content (AvgIpc) is 2.60. The number of rotatable bonds is 3. The largest absolute Gasteiger partial charge is 0.434 e. The molecule has 0 radical (unpaired) electrons. The normalized spacial score (nSPS) is 10.8. The summed E-state index contributed by atoms with van der Waals surface area (Å²) in [5.41, 5.74) is 0.461. The fourth-order valence-corrected chi connectivity index (χ4v) is 1.57. The van der Waals surface area contributed by atoms with Gasteiger partial charge in [-0.15, -0.1) is 0 Å². The van der Waals surface area contributed by atoms with Crippen molar-refractivity contribution in [3.05, 3.63) is 29.0 Å². The molecule has 2 aromatic rings. The van der Waals surface area contributed by atoms with Crippen LogP contribution in [0.2, 0.25) is 0 Å². The van der Waals surface area contributed by atoms with Crippen LogP contribution in [-0.4, -0.2) is 21.4 Å². The van der Waals surface area contributed by atoms with Crippen LogP contribution in [0.15, 0.2) is 24.3 Å². The fraction of sp³-hybridized carbons (Fsp3) is 0.200. The molecular formula is C10H9F2N3OS. The molecule has 0 aliphatic rings. The molecule has 1 aromatic carbocycles. The van der Waals surface area contributed by atoms with Crippen molar-refractivity contribution in [2.45, 2.75) is 6.61 Å². The zero-order chi connectivity index (χ0) is 12.4. The summed E-state index contributed by atoms with van der Waals surface area (Å²) in [6.45, 7) is -2.87. The van der Waals surface area contributed by atoms with Gasteiger partial charge in [0.25, 0.3) is 0 Å². The highest BCUT2D eigenvalue weighted by Gasteiger charge is 2.14. The van der Waals surface area contributed by atoms with E-state index in [1.807, 2.05) is 0 Å². The third-order valence-electron chi connectivity index (χ3n) is 2.22. The zero-order valence-corrected chi connectivity index (χ0v) is 9.67. The molecule has 4 nitrogen and oxygen atoms in total. The van der Waals surface area contributed by atoms with Gasteiger partial charge in [-0.05, 0) is 24.4 Å². The molecule has 0 amide bonds. The molecule has 1 heterocycles. The number of aromatic amines is 1. The second-order valence-corrected chi connectivity index (χ2v) is 3.67. The van der Waals surface area contributed by atoms with Crippen molar-refractivity contribution in [1.29, 1.82) is 0 Å². The van der Waals surface area contributed by atoms with E-state index in [-0.39, 0.29) is 5.75 Å². The van der Waals surface area contributed by atoms with Crippen molar-refractivity contribution in [2.75, 3.05) is 0 Å². The van der Waals surface area contributed by atoms with Gasteiger partial charge in [0.1, 0.15) is 5.75 Å². The van der Waals surface area contributed by atoms with Crippen LogP contribution in [0.4, 0.5) is 8.78 Å². The highest BCUT2D eigenvalue weighted by Crippen LogP contribution is 2.29. The molecule has 0 fully saturated rings. The number of hydrogen-bond acceptors (Lipinski definition) is 3. The van der Waals surface area contributed by atoms with E-state index in [4.69, 9.17) is 12.2 Å². The maximum Gasteiger partial charge on any atom is 0.387 e. The quantitative estimate of drug-likeness (QED) is 0.860. The predicted molar refractivity (Wildman–Crippen MR) is 60.5 cm³/mol. The van der Waals surface area contributed by atoms with E-state index in [1.165, 1.54) is 6.07 Å². The molecule has 17 heavy (non-hydrogen) atoms. The van der Waals surface area contributed by atoms with Crippen molar-refractivity contribution in [3.8, 4) is 17.1 Å². The van der Waals surface area contributed by atoms with Crippen molar-refractivity contribution in [2.24, 2.45) is 7.05 Å². The molecule has 0 bridgehead atoms. The lowest BCUT2D eigenvalue weighted by Crippen LogP contribution is -2.04. The van der Waals surface area contributed by atoms with Crippen LogP contribution >= 0.6 is 12.2 Å². The van der Waals surface area contributed by atoms with E-state index in [0.717, 1.165) is 0 Å². The van der Waals surface area contributed by atoms with Crippen molar-refractivity contribution >= 4 is 12.2 Å². The topological polar surface area (TPSA) is 42.8 Å². The van der Waals surface area contributed by atoms with Crippen LogP contribution in [-0.2, 0) is 7.05 Å². The Kier molecular flexibility index (Phi) is 3.19. The van der Waals surface area contributed by atoms with Crippen molar-refractivity contribution in [3.63, 3.8) is 0 Å². The number of para-hydroxylation sites is 1. The minimum absolute atomic E-state index is 0.0691. The Balaban J connectivity index is 2.52. The Hall–Kier alpha value is -1.76. The van der Waals surface area contributed by atoms with Crippen LogP contribution in [0.5, 0.6) is 5.75 Å². The monoisotopic (exact) mass is 257 g/mol. The van der Waals surface area contributed by atoms with Gasteiger partial charge >= 0.3 is 6.61 Å². The number of alkyl halides is 2. The van der Waals surface area contributed by atoms with Crippen LogP contribution < -0.4 is 4.74 Å². The summed E-state index contributed by atoms with van der Waals surface area (Å²) in [6.07, 6.45) is 0. The Morgan fingerprint density at radius 2 is 2.12 bits per heavy atom. The van der Waals surface area contributed by atoms with E-state index in [2.05, 4.69) is 14.9 Å². The Labute approximate surface area is 101 Å². The van der Waals surface area contributed by atoms with Crippen LogP contribution in [0, 0.1) is 4.77 Å². The Morgan fingerprint density at radius 1 is 1.41 bits per heavy atom. The van der Waals surface area contributed by atoms with E-state index in [0.29, 0.717) is 16.2 Å². The molecule has 1 aromatic heterocycles. The number of aromatic nitrogens is 3. The summed E-state index contributed by atoms with van der Waals surface area (Å²) in [5, 5.41) is 6.56. The molecule has 2 rings (SSSR count). The SMILES string of the molecule is Cn1c(-c2ccccc2OC(F)F)n[nH]c1=S. The smallest absolute Gasteiger partial charge is 0.387 e. The molecule has 90 valence electrons. The number of hydrogen-bond donors (Lipinski definition) is 1. The summed E-state index contributed by atoms with van der Waals surface area (Å²) >= 11 is 4.96. The maximum atomic E-state index is 12.2. The number of nitrogens with one attached hydrogen (secondary N) is 1. The first-order chi connectivity index (χ1) is 8.09. The van der Waals surface area contributed by atoms with Gasteiger partial charge in [0, 0.05) is 7.05 Å². The molecule has 0 saturated carbocycles. The predicted octanol–water partition coefficient (Wildman–Crippen LogP) is 2.75. The standard InChI is InChI=1S/C10H9F2N3OS/c1-15-8(13-14-10(15)17)6-4-2-3-5-7(6)16-9(11)12/h2-5,9H,1H3,(H,14,17). The van der Waals surface area contributed by atoms with E-state index in [1.54, 1.807) is 29.8 Å².